The first-order valence-electron chi connectivity index (χ1n) is 5.59. The minimum atomic E-state index is -0.521. The third-order valence-corrected chi connectivity index (χ3v) is 3.11. The molecule has 0 fully saturated rings. The standard InChI is InChI=1S/C14H9Cl2NO3/c15-13-5-4-12(9-14(13)16)20-11-3-1-2-10(8-11)6-7-17(18)19/h1-9H. The molecule has 102 valence electrons. The van der Waals surface area contributed by atoms with Crippen molar-refractivity contribution in [2.24, 2.45) is 0 Å². The van der Waals surface area contributed by atoms with Crippen LogP contribution in [-0.4, -0.2) is 4.92 Å². The van der Waals surface area contributed by atoms with Gasteiger partial charge in [0.15, 0.2) is 0 Å². The quantitative estimate of drug-likeness (QED) is 0.587. The fourth-order valence-corrected chi connectivity index (χ4v) is 1.79. The van der Waals surface area contributed by atoms with Crippen molar-refractivity contribution in [1.29, 1.82) is 0 Å². The van der Waals surface area contributed by atoms with Crippen molar-refractivity contribution in [3.8, 4) is 11.5 Å². The summed E-state index contributed by atoms with van der Waals surface area (Å²) in [5, 5.41) is 11.1. The van der Waals surface area contributed by atoms with E-state index in [1.807, 2.05) is 0 Å². The molecule has 0 saturated heterocycles. The second kappa shape index (κ2) is 6.41. The molecule has 0 saturated carbocycles. The van der Waals surface area contributed by atoms with Crippen LogP contribution in [0.5, 0.6) is 11.5 Å². The van der Waals surface area contributed by atoms with E-state index in [9.17, 15) is 10.1 Å². The van der Waals surface area contributed by atoms with Crippen molar-refractivity contribution in [1.82, 2.24) is 0 Å². The molecule has 0 bridgehead atoms. The zero-order valence-corrected chi connectivity index (χ0v) is 11.6. The summed E-state index contributed by atoms with van der Waals surface area (Å²) < 4.78 is 5.61. The highest BCUT2D eigenvalue weighted by molar-refractivity contribution is 6.42. The molecule has 2 rings (SSSR count). The van der Waals surface area contributed by atoms with Crippen LogP contribution in [0.4, 0.5) is 0 Å². The molecule has 2 aromatic rings. The highest BCUT2D eigenvalue weighted by Gasteiger charge is 2.02. The summed E-state index contributed by atoms with van der Waals surface area (Å²) in [6, 6.07) is 11.8. The molecular weight excluding hydrogens is 301 g/mol. The second-order valence-electron chi connectivity index (χ2n) is 3.85. The lowest BCUT2D eigenvalue weighted by atomic mass is 10.2. The number of hydrogen-bond donors (Lipinski definition) is 0. The summed E-state index contributed by atoms with van der Waals surface area (Å²) in [6.07, 6.45) is 2.26. The monoisotopic (exact) mass is 309 g/mol. The highest BCUT2D eigenvalue weighted by atomic mass is 35.5. The van der Waals surface area contributed by atoms with Crippen molar-refractivity contribution >= 4 is 29.3 Å². The van der Waals surface area contributed by atoms with E-state index in [2.05, 4.69) is 0 Å². The van der Waals surface area contributed by atoms with Gasteiger partial charge in [-0.1, -0.05) is 35.3 Å². The number of rotatable bonds is 4. The molecule has 2 aromatic carbocycles. The maximum absolute atomic E-state index is 10.3. The molecule has 0 heterocycles. The maximum atomic E-state index is 10.3. The topological polar surface area (TPSA) is 52.4 Å². The molecule has 4 nitrogen and oxygen atoms in total. The Hall–Kier alpha value is -2.04. The van der Waals surface area contributed by atoms with E-state index in [0.717, 1.165) is 6.20 Å². The van der Waals surface area contributed by atoms with Crippen LogP contribution in [0.3, 0.4) is 0 Å². The summed E-state index contributed by atoms with van der Waals surface area (Å²) in [7, 11) is 0. The van der Waals surface area contributed by atoms with Gasteiger partial charge in [0.1, 0.15) is 11.5 Å². The molecule has 0 aromatic heterocycles. The largest absolute Gasteiger partial charge is 0.457 e. The van der Waals surface area contributed by atoms with Crippen molar-refractivity contribution in [3.63, 3.8) is 0 Å². The Balaban J connectivity index is 2.19. The maximum Gasteiger partial charge on any atom is 0.235 e. The summed E-state index contributed by atoms with van der Waals surface area (Å²) >= 11 is 11.7. The van der Waals surface area contributed by atoms with Gasteiger partial charge in [-0.15, -0.1) is 0 Å². The Labute approximate surface area is 125 Å². The third kappa shape index (κ3) is 3.98. The Bertz CT molecular complexity index is 671. The minimum absolute atomic E-state index is 0.397. The molecule has 0 aliphatic rings. The number of halogens is 2. The summed E-state index contributed by atoms with van der Waals surface area (Å²) in [5.74, 6) is 1.09. The van der Waals surface area contributed by atoms with Gasteiger partial charge in [-0.25, -0.2) is 0 Å². The van der Waals surface area contributed by atoms with E-state index in [4.69, 9.17) is 27.9 Å². The molecule has 0 aliphatic carbocycles. The molecule has 0 radical (unpaired) electrons. The van der Waals surface area contributed by atoms with Crippen LogP contribution in [-0.2, 0) is 0 Å². The zero-order valence-electron chi connectivity index (χ0n) is 10.1. The van der Waals surface area contributed by atoms with Gasteiger partial charge < -0.3 is 4.74 Å². The molecule has 0 N–H and O–H groups in total. The Morgan fingerprint density at radius 3 is 2.50 bits per heavy atom. The predicted octanol–water partition coefficient (Wildman–Crippen LogP) is 5.03. The van der Waals surface area contributed by atoms with Gasteiger partial charge in [0.2, 0.25) is 6.20 Å². The Kier molecular flexibility index (Phi) is 4.61. The lowest BCUT2D eigenvalue weighted by Gasteiger charge is -2.07. The van der Waals surface area contributed by atoms with Crippen molar-refractivity contribution < 1.29 is 9.66 Å². The number of nitrogens with zero attached hydrogens (tertiary/aromatic N) is 1. The molecule has 6 heteroatoms. The predicted molar refractivity (Wildman–Crippen MR) is 79.0 cm³/mol. The number of ether oxygens (including phenoxy) is 1. The zero-order chi connectivity index (χ0) is 14.5. The molecule has 0 unspecified atom stereocenters. The molecule has 0 atom stereocenters. The van der Waals surface area contributed by atoms with Gasteiger partial charge >= 0.3 is 0 Å². The second-order valence-corrected chi connectivity index (χ2v) is 4.67. The average molecular weight is 310 g/mol. The summed E-state index contributed by atoms with van der Waals surface area (Å²) in [5.41, 5.74) is 0.666. The lowest BCUT2D eigenvalue weighted by molar-refractivity contribution is -0.400. The van der Waals surface area contributed by atoms with E-state index in [1.54, 1.807) is 42.5 Å². The van der Waals surface area contributed by atoms with Gasteiger partial charge in [-0.2, -0.15) is 0 Å². The molecule has 0 aliphatic heterocycles. The normalized spacial score (nSPS) is 10.7. The first kappa shape index (κ1) is 14.4. The van der Waals surface area contributed by atoms with E-state index in [1.165, 1.54) is 6.08 Å². The molecular formula is C14H9Cl2NO3. The summed E-state index contributed by atoms with van der Waals surface area (Å²) in [6.45, 7) is 0. The van der Waals surface area contributed by atoms with Crippen LogP contribution in [0.2, 0.25) is 10.0 Å². The smallest absolute Gasteiger partial charge is 0.235 e. The van der Waals surface area contributed by atoms with E-state index in [0.29, 0.717) is 27.1 Å². The van der Waals surface area contributed by atoms with Crippen molar-refractivity contribution in [2.75, 3.05) is 0 Å². The highest BCUT2D eigenvalue weighted by Crippen LogP contribution is 2.29. The number of benzene rings is 2. The first-order valence-corrected chi connectivity index (χ1v) is 6.35. The fraction of sp³-hybridized carbons (Fsp3) is 0. The minimum Gasteiger partial charge on any atom is -0.457 e. The van der Waals surface area contributed by atoms with Crippen molar-refractivity contribution in [3.05, 3.63) is 74.4 Å². The Morgan fingerprint density at radius 1 is 1.05 bits per heavy atom. The van der Waals surface area contributed by atoms with E-state index < -0.39 is 4.92 Å². The van der Waals surface area contributed by atoms with Gasteiger partial charge in [0.25, 0.3) is 0 Å². The van der Waals surface area contributed by atoms with Crippen molar-refractivity contribution in [2.45, 2.75) is 0 Å². The van der Waals surface area contributed by atoms with E-state index in [-0.39, 0.29) is 0 Å². The summed E-state index contributed by atoms with van der Waals surface area (Å²) in [4.78, 5) is 9.76. The van der Waals surface area contributed by atoms with Crippen LogP contribution >= 0.6 is 23.2 Å². The van der Waals surface area contributed by atoms with Gasteiger partial charge in [-0.3, -0.25) is 10.1 Å². The molecule has 0 spiro atoms. The van der Waals surface area contributed by atoms with Gasteiger partial charge in [0, 0.05) is 12.1 Å². The molecule has 20 heavy (non-hydrogen) atoms. The van der Waals surface area contributed by atoms with Crippen LogP contribution < -0.4 is 4.74 Å². The van der Waals surface area contributed by atoms with Crippen LogP contribution in [0.1, 0.15) is 5.56 Å². The van der Waals surface area contributed by atoms with Crippen LogP contribution in [0, 0.1) is 10.1 Å². The SMILES string of the molecule is O=[N+]([O-])C=Cc1cccc(Oc2ccc(Cl)c(Cl)c2)c1. The fourth-order valence-electron chi connectivity index (χ4n) is 1.51. The third-order valence-electron chi connectivity index (χ3n) is 2.37. The molecule has 0 amide bonds. The Morgan fingerprint density at radius 2 is 1.80 bits per heavy atom. The van der Waals surface area contributed by atoms with E-state index >= 15 is 0 Å². The first-order chi connectivity index (χ1) is 9.54. The van der Waals surface area contributed by atoms with Crippen LogP contribution in [0.15, 0.2) is 48.7 Å². The number of nitro groups is 1. The number of hydrogen-bond acceptors (Lipinski definition) is 3. The van der Waals surface area contributed by atoms with Gasteiger partial charge in [0.05, 0.1) is 15.0 Å². The lowest BCUT2D eigenvalue weighted by Crippen LogP contribution is -1.86. The van der Waals surface area contributed by atoms with Gasteiger partial charge in [-0.05, 0) is 29.8 Å². The average Bonchev–Trinajstić information content (AvgIpc) is 2.41. The van der Waals surface area contributed by atoms with Crippen LogP contribution in [0.25, 0.3) is 6.08 Å².